The summed E-state index contributed by atoms with van der Waals surface area (Å²) in [6.45, 7) is 10.9. The first-order valence-corrected chi connectivity index (χ1v) is 4.74. The predicted octanol–water partition coefficient (Wildman–Crippen LogP) is 2.99. The Morgan fingerprint density at radius 3 is 1.67 bits per heavy atom. The molecule has 1 nitrogen and oxygen atoms in total. The molecule has 0 saturated carbocycles. The molecule has 0 atom stereocenters. The van der Waals surface area contributed by atoms with Crippen LogP contribution in [-0.2, 0) is 23.2 Å². The van der Waals surface area contributed by atoms with Crippen molar-refractivity contribution in [1.82, 2.24) is 0 Å². The molecule has 0 heterocycles. The maximum atomic E-state index is 8.26. The fourth-order valence-corrected chi connectivity index (χ4v) is 1.41. The van der Waals surface area contributed by atoms with E-state index in [9.17, 15) is 0 Å². The van der Waals surface area contributed by atoms with Crippen molar-refractivity contribution in [3.8, 4) is 0 Å². The van der Waals surface area contributed by atoms with Gasteiger partial charge in [0.15, 0.2) is 0 Å². The van der Waals surface area contributed by atoms with Crippen LogP contribution >= 0.6 is 0 Å². The van der Waals surface area contributed by atoms with Crippen LogP contribution in [0.15, 0.2) is 16.7 Å². The van der Waals surface area contributed by atoms with Crippen molar-refractivity contribution in [2.45, 2.75) is 34.6 Å². The average molecular weight is 247 g/mol. The van der Waals surface area contributed by atoms with Crippen molar-refractivity contribution >= 4 is 0 Å². The van der Waals surface area contributed by atoms with Crippen molar-refractivity contribution in [1.29, 1.82) is 0 Å². The summed E-state index contributed by atoms with van der Waals surface area (Å²) in [7, 11) is 0. The molecular formula is C10H15MoO-. The van der Waals surface area contributed by atoms with Crippen LogP contribution in [0.2, 0.25) is 0 Å². The van der Waals surface area contributed by atoms with Gasteiger partial charge in [-0.15, -0.1) is 6.92 Å². The van der Waals surface area contributed by atoms with Gasteiger partial charge in [0.2, 0.25) is 0 Å². The molecule has 68 valence electrons. The fraction of sp³-hybridized carbons (Fsp3) is 0.600. The molecule has 0 amide bonds. The third-order valence-corrected chi connectivity index (χ3v) is 2.56. The summed E-state index contributed by atoms with van der Waals surface area (Å²) < 4.78 is 8.26. The van der Waals surface area contributed by atoms with E-state index in [1.807, 2.05) is 0 Å². The van der Waals surface area contributed by atoms with Gasteiger partial charge in [0.1, 0.15) is 0 Å². The number of hydrogen-bond acceptors (Lipinski definition) is 1. The van der Waals surface area contributed by atoms with Gasteiger partial charge in [-0.1, -0.05) is 33.1 Å². The average Bonchev–Trinajstić information content (AvgIpc) is 2.19. The van der Waals surface area contributed by atoms with Crippen LogP contribution in [0, 0.1) is 11.5 Å². The summed E-state index contributed by atoms with van der Waals surface area (Å²) in [6, 6.07) is 0. The van der Waals surface area contributed by atoms with E-state index in [0.717, 1.165) is 0 Å². The molecule has 0 radical (unpaired) electrons. The Labute approximate surface area is 86.1 Å². The van der Waals surface area contributed by atoms with Crippen LogP contribution in [0.1, 0.15) is 34.6 Å². The molecule has 2 heteroatoms. The van der Waals surface area contributed by atoms with Crippen molar-refractivity contribution in [3.63, 3.8) is 0 Å². The van der Waals surface area contributed by atoms with Crippen LogP contribution in [0.25, 0.3) is 0 Å². The second-order valence-corrected chi connectivity index (χ2v) is 3.62. The van der Waals surface area contributed by atoms with Crippen molar-refractivity contribution in [3.05, 3.63) is 22.8 Å². The van der Waals surface area contributed by atoms with Gasteiger partial charge in [0, 0.05) is 0 Å². The predicted molar refractivity (Wildman–Crippen MR) is 45.3 cm³/mol. The van der Waals surface area contributed by atoms with Gasteiger partial charge in [0.25, 0.3) is 0 Å². The zero-order valence-corrected chi connectivity index (χ0v) is 10.3. The molecule has 0 aromatic heterocycles. The summed E-state index contributed by atoms with van der Waals surface area (Å²) >= 11 is 0.700. The van der Waals surface area contributed by atoms with E-state index in [-0.39, 0.29) is 5.41 Å². The molecule has 0 spiro atoms. The van der Waals surface area contributed by atoms with Crippen molar-refractivity contribution in [2.75, 3.05) is 0 Å². The molecule has 0 aliphatic heterocycles. The van der Waals surface area contributed by atoms with E-state index < -0.39 is 0 Å². The summed E-state index contributed by atoms with van der Waals surface area (Å²) in [6.07, 6.45) is 3.44. The molecule has 0 bridgehead atoms. The van der Waals surface area contributed by atoms with E-state index in [4.69, 9.17) is 3.40 Å². The summed E-state index contributed by atoms with van der Waals surface area (Å²) in [5, 5.41) is 0. The first kappa shape index (κ1) is 12.0. The van der Waals surface area contributed by atoms with E-state index in [1.165, 1.54) is 16.7 Å². The summed E-state index contributed by atoms with van der Waals surface area (Å²) in [4.78, 5) is 0. The van der Waals surface area contributed by atoms with Crippen LogP contribution in [0.5, 0.6) is 0 Å². The number of allylic oxidation sites excluding steroid dienone is 4. The van der Waals surface area contributed by atoms with Gasteiger partial charge in [-0.3, -0.25) is 6.08 Å². The topological polar surface area (TPSA) is 17.1 Å². The fourth-order valence-electron chi connectivity index (χ4n) is 1.41. The molecule has 0 unspecified atom stereocenters. The van der Waals surface area contributed by atoms with E-state index in [0.29, 0.717) is 19.8 Å². The van der Waals surface area contributed by atoms with Crippen LogP contribution < -0.4 is 0 Å². The standard InChI is InChI=1S/C10H15.Mo.O/c1-7-6-10(4,5)9(3)8(7)2;;/h1-5H3;;/q-1;;. The van der Waals surface area contributed by atoms with Crippen LogP contribution in [0.4, 0.5) is 0 Å². The molecule has 0 aromatic rings. The van der Waals surface area contributed by atoms with Crippen molar-refractivity contribution in [2.24, 2.45) is 5.41 Å². The van der Waals surface area contributed by atoms with Crippen molar-refractivity contribution < 1.29 is 23.2 Å². The Morgan fingerprint density at radius 2 is 1.58 bits per heavy atom. The molecule has 1 aliphatic carbocycles. The second kappa shape index (κ2) is 4.27. The van der Waals surface area contributed by atoms with Gasteiger partial charge in [-0.25, -0.2) is 5.57 Å². The maximum absolute atomic E-state index is 8.26. The second-order valence-electron chi connectivity index (χ2n) is 3.62. The number of hydrogen-bond donors (Lipinski definition) is 0. The third kappa shape index (κ3) is 2.23. The molecule has 0 saturated heterocycles. The Balaban J connectivity index is 0.000000561. The van der Waals surface area contributed by atoms with Gasteiger partial charge < -0.3 is 0 Å². The van der Waals surface area contributed by atoms with Crippen LogP contribution in [-0.4, -0.2) is 0 Å². The first-order chi connectivity index (χ1) is 5.45. The summed E-state index contributed by atoms with van der Waals surface area (Å²) in [5.41, 5.74) is 4.39. The molecule has 0 fully saturated rings. The SMILES string of the molecule is CC1=[C-]C(C)(C)C(C)=C1C.[O]=[Mo]. The molecule has 12 heavy (non-hydrogen) atoms. The van der Waals surface area contributed by atoms with Gasteiger partial charge in [-0.05, 0) is 0 Å². The van der Waals surface area contributed by atoms with Gasteiger partial charge in [0.05, 0.1) is 0 Å². The van der Waals surface area contributed by atoms with Gasteiger partial charge >= 0.3 is 23.2 Å². The molecule has 1 aliphatic rings. The first-order valence-electron chi connectivity index (χ1n) is 3.92. The molecule has 0 aromatic carbocycles. The number of rotatable bonds is 0. The Morgan fingerprint density at radius 1 is 1.17 bits per heavy atom. The zero-order chi connectivity index (χ0) is 9.94. The van der Waals surface area contributed by atoms with E-state index in [2.05, 4.69) is 40.7 Å². The normalized spacial score (nSPS) is 19.9. The van der Waals surface area contributed by atoms with E-state index >= 15 is 0 Å². The van der Waals surface area contributed by atoms with Crippen LogP contribution in [0.3, 0.4) is 0 Å². The minimum atomic E-state index is 0.189. The molecule has 0 N–H and O–H groups in total. The Kier molecular flexibility index (Phi) is 4.26. The van der Waals surface area contributed by atoms with Gasteiger partial charge in [-0.2, -0.15) is 11.1 Å². The quantitative estimate of drug-likeness (QED) is 0.475. The zero-order valence-electron chi connectivity index (χ0n) is 8.32. The Hall–Kier alpha value is -0.0317. The minimum absolute atomic E-state index is 0.189. The Bertz CT molecular complexity index is 236. The molecule has 1 rings (SSSR count). The molecular weight excluding hydrogens is 232 g/mol. The van der Waals surface area contributed by atoms with E-state index in [1.54, 1.807) is 0 Å². The monoisotopic (exact) mass is 249 g/mol. The third-order valence-electron chi connectivity index (χ3n) is 2.56. The summed E-state index contributed by atoms with van der Waals surface area (Å²) in [5.74, 6) is 0.